The van der Waals surface area contributed by atoms with Gasteiger partial charge in [0.1, 0.15) is 0 Å². The molecule has 0 aliphatic carbocycles. The molecule has 2 aromatic carbocycles. The van der Waals surface area contributed by atoms with Gasteiger partial charge in [0.05, 0.1) is 26.9 Å². The summed E-state index contributed by atoms with van der Waals surface area (Å²) >= 11 is 1.54. The maximum Gasteiger partial charge on any atom is 0.323 e. The van der Waals surface area contributed by atoms with Gasteiger partial charge in [-0.3, -0.25) is 4.98 Å². The maximum atomic E-state index is 12.2. The van der Waals surface area contributed by atoms with E-state index < -0.39 is 0 Å². The van der Waals surface area contributed by atoms with Gasteiger partial charge in [-0.05, 0) is 30.3 Å². The number of pyridine rings is 1. The summed E-state index contributed by atoms with van der Waals surface area (Å²) in [6, 6.07) is 14.8. The molecule has 0 aliphatic rings. The lowest BCUT2D eigenvalue weighted by molar-refractivity contribution is 0.262. The van der Waals surface area contributed by atoms with Crippen LogP contribution >= 0.6 is 11.3 Å². The Bertz CT molecular complexity index is 1010. The van der Waals surface area contributed by atoms with Crippen LogP contribution in [0.25, 0.3) is 21.1 Å². The van der Waals surface area contributed by atoms with Crippen LogP contribution in [0.1, 0.15) is 0 Å². The Morgan fingerprint density at radius 2 is 1.87 bits per heavy atom. The molecule has 112 valence electrons. The highest BCUT2D eigenvalue weighted by Crippen LogP contribution is 2.23. The van der Waals surface area contributed by atoms with Crippen LogP contribution in [0.5, 0.6) is 0 Å². The number of urea groups is 1. The molecule has 2 amide bonds. The molecule has 0 fully saturated rings. The molecule has 0 saturated carbocycles. The Morgan fingerprint density at radius 3 is 2.83 bits per heavy atom. The minimum atomic E-state index is -0.287. The quantitative estimate of drug-likeness (QED) is 0.572. The summed E-state index contributed by atoms with van der Waals surface area (Å²) in [6.45, 7) is 0. The first-order valence-electron chi connectivity index (χ1n) is 7.04. The third-order valence-corrected chi connectivity index (χ3v) is 4.28. The number of nitrogens with zero attached hydrogens (tertiary/aromatic N) is 2. The predicted octanol–water partition coefficient (Wildman–Crippen LogP) is 4.49. The largest absolute Gasteiger partial charge is 0.323 e. The third-order valence-electron chi connectivity index (χ3n) is 3.49. The van der Waals surface area contributed by atoms with Gasteiger partial charge in [0.2, 0.25) is 0 Å². The van der Waals surface area contributed by atoms with Crippen molar-refractivity contribution in [3.8, 4) is 0 Å². The van der Waals surface area contributed by atoms with E-state index in [4.69, 9.17) is 0 Å². The fourth-order valence-corrected chi connectivity index (χ4v) is 3.14. The normalized spacial score (nSPS) is 10.8. The number of amides is 2. The van der Waals surface area contributed by atoms with Crippen molar-refractivity contribution in [2.24, 2.45) is 0 Å². The fourth-order valence-electron chi connectivity index (χ4n) is 2.42. The first-order valence-corrected chi connectivity index (χ1v) is 7.92. The molecule has 2 heterocycles. The lowest BCUT2D eigenvalue weighted by Crippen LogP contribution is -2.19. The first kappa shape index (κ1) is 13.7. The van der Waals surface area contributed by atoms with Crippen molar-refractivity contribution in [2.75, 3.05) is 10.6 Å². The zero-order valence-corrected chi connectivity index (χ0v) is 12.8. The fraction of sp³-hybridized carbons (Fsp3) is 0. The molecular formula is C17H12N4OS. The molecular weight excluding hydrogens is 308 g/mol. The molecule has 0 unspecified atom stereocenters. The van der Waals surface area contributed by atoms with E-state index >= 15 is 0 Å². The van der Waals surface area contributed by atoms with Crippen molar-refractivity contribution in [3.63, 3.8) is 0 Å². The van der Waals surface area contributed by atoms with E-state index in [1.807, 2.05) is 42.5 Å². The molecule has 0 spiro atoms. The van der Waals surface area contributed by atoms with E-state index in [2.05, 4.69) is 20.6 Å². The summed E-state index contributed by atoms with van der Waals surface area (Å²) in [5.41, 5.74) is 5.03. The molecule has 6 heteroatoms. The van der Waals surface area contributed by atoms with Crippen LogP contribution in [0.3, 0.4) is 0 Å². The molecule has 0 bridgehead atoms. The van der Waals surface area contributed by atoms with E-state index in [1.165, 1.54) is 0 Å². The Hall–Kier alpha value is -2.99. The summed E-state index contributed by atoms with van der Waals surface area (Å²) in [5.74, 6) is 0. The zero-order valence-electron chi connectivity index (χ0n) is 12.0. The Labute approximate surface area is 136 Å². The number of fused-ring (bicyclic) bond motifs is 2. The van der Waals surface area contributed by atoms with E-state index in [0.717, 1.165) is 32.5 Å². The van der Waals surface area contributed by atoms with Gasteiger partial charge in [-0.1, -0.05) is 18.2 Å². The van der Waals surface area contributed by atoms with Gasteiger partial charge in [0.25, 0.3) is 0 Å². The smallest absolute Gasteiger partial charge is 0.308 e. The number of benzene rings is 2. The van der Waals surface area contributed by atoms with Gasteiger partial charge < -0.3 is 10.6 Å². The monoisotopic (exact) mass is 320 g/mol. The summed E-state index contributed by atoms with van der Waals surface area (Å²) in [6.07, 6.45) is 1.68. The van der Waals surface area contributed by atoms with Gasteiger partial charge in [-0.2, -0.15) is 0 Å². The Kier molecular flexibility index (Phi) is 3.36. The highest BCUT2D eigenvalue weighted by Gasteiger charge is 2.07. The van der Waals surface area contributed by atoms with Gasteiger partial charge >= 0.3 is 6.03 Å². The number of nitrogens with one attached hydrogen (secondary N) is 2. The second kappa shape index (κ2) is 5.66. The van der Waals surface area contributed by atoms with Crippen molar-refractivity contribution >= 4 is 49.9 Å². The van der Waals surface area contributed by atoms with Gasteiger partial charge in [0, 0.05) is 17.3 Å². The predicted molar refractivity (Wildman–Crippen MR) is 94.0 cm³/mol. The van der Waals surface area contributed by atoms with Crippen LogP contribution in [-0.2, 0) is 0 Å². The molecule has 4 aromatic rings. The number of hydrogen-bond donors (Lipinski definition) is 2. The molecule has 0 saturated heterocycles. The van der Waals surface area contributed by atoms with E-state index in [0.29, 0.717) is 0 Å². The molecule has 0 atom stereocenters. The third kappa shape index (κ3) is 2.72. The van der Waals surface area contributed by atoms with Crippen molar-refractivity contribution < 1.29 is 4.79 Å². The average Bonchev–Trinajstić information content (AvgIpc) is 3.03. The minimum absolute atomic E-state index is 0.287. The number of para-hydroxylation sites is 1. The molecule has 2 N–H and O–H groups in total. The Morgan fingerprint density at radius 1 is 0.957 bits per heavy atom. The van der Waals surface area contributed by atoms with Crippen molar-refractivity contribution in [2.45, 2.75) is 0 Å². The van der Waals surface area contributed by atoms with Crippen molar-refractivity contribution in [1.29, 1.82) is 0 Å². The van der Waals surface area contributed by atoms with E-state index in [-0.39, 0.29) is 6.03 Å². The molecule has 0 aliphatic heterocycles. The number of hydrogen-bond acceptors (Lipinski definition) is 4. The topological polar surface area (TPSA) is 66.9 Å². The van der Waals surface area contributed by atoms with Crippen LogP contribution in [0, 0.1) is 0 Å². The maximum absolute atomic E-state index is 12.2. The van der Waals surface area contributed by atoms with Gasteiger partial charge in [-0.15, -0.1) is 11.3 Å². The summed E-state index contributed by atoms with van der Waals surface area (Å²) in [7, 11) is 0. The summed E-state index contributed by atoms with van der Waals surface area (Å²) in [4.78, 5) is 20.8. The van der Waals surface area contributed by atoms with Gasteiger partial charge in [0.15, 0.2) is 0 Å². The number of thiazole rings is 1. The van der Waals surface area contributed by atoms with Crippen LogP contribution in [0.4, 0.5) is 16.2 Å². The highest BCUT2D eigenvalue weighted by atomic mass is 32.1. The van der Waals surface area contributed by atoms with Crippen molar-refractivity contribution in [3.05, 3.63) is 60.2 Å². The average molecular weight is 320 g/mol. The molecule has 4 rings (SSSR count). The van der Waals surface area contributed by atoms with Crippen LogP contribution < -0.4 is 10.6 Å². The standard InChI is InChI=1S/C17H12N4OS/c22-17(20-11-5-6-15-16(9-11)23-10-19-15)21-14-7-8-18-13-4-2-1-3-12(13)14/h1-10H,(H2,18,20,21,22). The molecule has 2 aromatic heterocycles. The van der Waals surface area contributed by atoms with Crippen LogP contribution in [0.15, 0.2) is 60.2 Å². The zero-order chi connectivity index (χ0) is 15.6. The number of rotatable bonds is 2. The van der Waals surface area contributed by atoms with E-state index in [1.54, 1.807) is 29.1 Å². The lowest BCUT2D eigenvalue weighted by Gasteiger charge is -2.09. The molecule has 23 heavy (non-hydrogen) atoms. The minimum Gasteiger partial charge on any atom is -0.308 e. The van der Waals surface area contributed by atoms with Crippen LogP contribution in [-0.4, -0.2) is 16.0 Å². The second-order valence-corrected chi connectivity index (χ2v) is 5.88. The van der Waals surface area contributed by atoms with Crippen molar-refractivity contribution in [1.82, 2.24) is 9.97 Å². The van der Waals surface area contributed by atoms with Crippen LogP contribution in [0.2, 0.25) is 0 Å². The Balaban J connectivity index is 1.57. The number of carbonyl (C=O) groups excluding carboxylic acids is 1. The molecule has 5 nitrogen and oxygen atoms in total. The SMILES string of the molecule is O=C(Nc1ccc2ncsc2c1)Nc1ccnc2ccccc12. The lowest BCUT2D eigenvalue weighted by atomic mass is 10.2. The number of carbonyl (C=O) groups is 1. The second-order valence-electron chi connectivity index (χ2n) is 4.99. The first-order chi connectivity index (χ1) is 11.3. The summed E-state index contributed by atoms with van der Waals surface area (Å²) in [5, 5.41) is 6.62. The van der Waals surface area contributed by atoms with E-state index in [9.17, 15) is 4.79 Å². The molecule has 0 radical (unpaired) electrons. The number of aromatic nitrogens is 2. The summed E-state index contributed by atoms with van der Waals surface area (Å²) < 4.78 is 1.04. The highest BCUT2D eigenvalue weighted by molar-refractivity contribution is 7.16. The van der Waals surface area contributed by atoms with Gasteiger partial charge in [-0.25, -0.2) is 9.78 Å². The number of anilines is 2.